The highest BCUT2D eigenvalue weighted by molar-refractivity contribution is 7.94. The SMILES string of the molecule is CC(=O)O[C@H](/C=C/S(=O)(=O)c1ccc(C)cc1)C(C)C. The van der Waals surface area contributed by atoms with Crippen molar-refractivity contribution >= 4 is 15.8 Å². The van der Waals surface area contributed by atoms with Gasteiger partial charge in [0.1, 0.15) is 6.10 Å². The van der Waals surface area contributed by atoms with E-state index in [1.807, 2.05) is 20.8 Å². The molecule has 4 nitrogen and oxygen atoms in total. The third kappa shape index (κ3) is 4.81. The van der Waals surface area contributed by atoms with Gasteiger partial charge < -0.3 is 4.74 Å². The molecule has 0 fully saturated rings. The van der Waals surface area contributed by atoms with Crippen molar-refractivity contribution in [2.75, 3.05) is 0 Å². The quantitative estimate of drug-likeness (QED) is 0.784. The lowest BCUT2D eigenvalue weighted by Gasteiger charge is -2.16. The normalized spacial score (nSPS) is 13.7. The van der Waals surface area contributed by atoms with Gasteiger partial charge in [0.2, 0.25) is 0 Å². The zero-order chi connectivity index (χ0) is 15.3. The Morgan fingerprint density at radius 1 is 1.20 bits per heavy atom. The van der Waals surface area contributed by atoms with Crippen molar-refractivity contribution in [2.24, 2.45) is 5.92 Å². The Labute approximate surface area is 120 Å². The Bertz CT molecular complexity index is 583. The molecule has 0 radical (unpaired) electrons. The van der Waals surface area contributed by atoms with Crippen LogP contribution in [0, 0.1) is 12.8 Å². The molecule has 0 N–H and O–H groups in total. The van der Waals surface area contributed by atoms with Crippen LogP contribution in [0.3, 0.4) is 0 Å². The summed E-state index contributed by atoms with van der Waals surface area (Å²) < 4.78 is 29.3. The van der Waals surface area contributed by atoms with Crippen molar-refractivity contribution < 1.29 is 17.9 Å². The molecular weight excluding hydrogens is 276 g/mol. The van der Waals surface area contributed by atoms with Gasteiger partial charge in [-0.3, -0.25) is 4.79 Å². The van der Waals surface area contributed by atoms with Crippen molar-refractivity contribution in [3.8, 4) is 0 Å². The molecule has 110 valence electrons. The first-order valence-corrected chi connectivity index (χ1v) is 7.94. The molecule has 0 aliphatic heterocycles. The number of rotatable bonds is 5. The average molecular weight is 296 g/mol. The molecule has 0 saturated carbocycles. The van der Waals surface area contributed by atoms with Crippen LogP contribution in [0.1, 0.15) is 26.3 Å². The Hall–Kier alpha value is -1.62. The number of esters is 1. The van der Waals surface area contributed by atoms with Crippen molar-refractivity contribution in [3.05, 3.63) is 41.3 Å². The summed E-state index contributed by atoms with van der Waals surface area (Å²) in [5, 5.41) is 1.10. The Kier molecular flexibility index (Phi) is 5.51. The second-order valence-corrected chi connectivity index (χ2v) is 6.84. The van der Waals surface area contributed by atoms with E-state index in [0.29, 0.717) is 0 Å². The van der Waals surface area contributed by atoms with E-state index in [1.165, 1.54) is 13.0 Å². The zero-order valence-corrected chi connectivity index (χ0v) is 13.0. The molecule has 1 rings (SSSR count). The summed E-state index contributed by atoms with van der Waals surface area (Å²) in [7, 11) is -3.51. The van der Waals surface area contributed by atoms with Crippen molar-refractivity contribution in [1.29, 1.82) is 0 Å². The van der Waals surface area contributed by atoms with Crippen LogP contribution in [0.4, 0.5) is 0 Å². The lowest BCUT2D eigenvalue weighted by Crippen LogP contribution is -2.20. The van der Waals surface area contributed by atoms with Crippen LogP contribution < -0.4 is 0 Å². The molecule has 0 amide bonds. The summed E-state index contributed by atoms with van der Waals surface area (Å²) in [6, 6.07) is 6.61. The van der Waals surface area contributed by atoms with Gasteiger partial charge in [0, 0.05) is 12.3 Å². The van der Waals surface area contributed by atoms with E-state index in [-0.39, 0.29) is 10.8 Å². The zero-order valence-electron chi connectivity index (χ0n) is 12.2. The fourth-order valence-corrected chi connectivity index (χ4v) is 2.61. The highest BCUT2D eigenvalue weighted by Crippen LogP contribution is 2.15. The third-order valence-electron chi connectivity index (χ3n) is 2.76. The van der Waals surface area contributed by atoms with E-state index in [0.717, 1.165) is 11.0 Å². The van der Waals surface area contributed by atoms with Gasteiger partial charge in [-0.05, 0) is 31.1 Å². The van der Waals surface area contributed by atoms with Gasteiger partial charge in [-0.25, -0.2) is 8.42 Å². The van der Waals surface area contributed by atoms with Crippen molar-refractivity contribution in [1.82, 2.24) is 0 Å². The summed E-state index contributed by atoms with van der Waals surface area (Å²) in [6.45, 7) is 6.91. The number of benzene rings is 1. The van der Waals surface area contributed by atoms with E-state index in [4.69, 9.17) is 4.74 Å². The summed E-state index contributed by atoms with van der Waals surface area (Å²) in [4.78, 5) is 11.2. The second kappa shape index (κ2) is 6.70. The highest BCUT2D eigenvalue weighted by Gasteiger charge is 2.16. The van der Waals surface area contributed by atoms with Gasteiger partial charge >= 0.3 is 5.97 Å². The first kappa shape index (κ1) is 16.4. The highest BCUT2D eigenvalue weighted by atomic mass is 32.2. The Morgan fingerprint density at radius 3 is 2.20 bits per heavy atom. The maximum atomic E-state index is 12.1. The van der Waals surface area contributed by atoms with Crippen molar-refractivity contribution in [3.63, 3.8) is 0 Å². The molecule has 0 aliphatic rings. The summed E-state index contributed by atoms with van der Waals surface area (Å²) in [5.41, 5.74) is 0.993. The number of carbonyl (C=O) groups excluding carboxylic acids is 1. The molecule has 0 spiro atoms. The van der Waals surface area contributed by atoms with Gasteiger partial charge in [0.15, 0.2) is 9.84 Å². The van der Waals surface area contributed by atoms with Crippen LogP contribution in [0.15, 0.2) is 40.6 Å². The fraction of sp³-hybridized carbons (Fsp3) is 0.400. The van der Waals surface area contributed by atoms with Crippen molar-refractivity contribution in [2.45, 2.75) is 38.7 Å². The average Bonchev–Trinajstić information content (AvgIpc) is 2.34. The van der Waals surface area contributed by atoms with Gasteiger partial charge in [-0.1, -0.05) is 31.5 Å². The van der Waals surface area contributed by atoms with Gasteiger partial charge in [0.25, 0.3) is 0 Å². The minimum Gasteiger partial charge on any atom is -0.458 e. The molecule has 1 aromatic rings. The van der Waals surface area contributed by atoms with E-state index in [2.05, 4.69) is 0 Å². The predicted octanol–water partition coefficient (Wildman–Crippen LogP) is 2.87. The van der Waals surface area contributed by atoms with E-state index in [9.17, 15) is 13.2 Å². The Morgan fingerprint density at radius 2 is 1.75 bits per heavy atom. The maximum absolute atomic E-state index is 12.1. The van der Waals surface area contributed by atoms with E-state index < -0.39 is 21.9 Å². The third-order valence-corrected chi connectivity index (χ3v) is 4.20. The summed E-state index contributed by atoms with van der Waals surface area (Å²) >= 11 is 0. The molecule has 0 aliphatic carbocycles. The van der Waals surface area contributed by atoms with E-state index >= 15 is 0 Å². The van der Waals surface area contributed by atoms with Crippen LogP contribution in [-0.2, 0) is 19.4 Å². The Balaban J connectivity index is 2.96. The molecule has 20 heavy (non-hydrogen) atoms. The van der Waals surface area contributed by atoms with Crippen LogP contribution >= 0.6 is 0 Å². The van der Waals surface area contributed by atoms with Crippen LogP contribution in [0.2, 0.25) is 0 Å². The minimum absolute atomic E-state index is 0.00312. The lowest BCUT2D eigenvalue weighted by atomic mass is 10.1. The van der Waals surface area contributed by atoms with Gasteiger partial charge in [0.05, 0.1) is 4.90 Å². The van der Waals surface area contributed by atoms with Crippen LogP contribution in [0.5, 0.6) is 0 Å². The smallest absolute Gasteiger partial charge is 0.303 e. The molecule has 0 saturated heterocycles. The molecular formula is C15H20O4S. The fourth-order valence-electron chi connectivity index (χ4n) is 1.58. The number of carbonyl (C=O) groups is 1. The summed E-state index contributed by atoms with van der Waals surface area (Å²) in [5.74, 6) is -0.426. The number of hydrogen-bond acceptors (Lipinski definition) is 4. The minimum atomic E-state index is -3.51. The lowest BCUT2D eigenvalue weighted by molar-refractivity contribution is -0.145. The largest absolute Gasteiger partial charge is 0.458 e. The van der Waals surface area contributed by atoms with Crippen LogP contribution in [0.25, 0.3) is 0 Å². The molecule has 0 aromatic heterocycles. The molecule has 1 atom stereocenters. The molecule has 5 heteroatoms. The predicted molar refractivity (Wildman–Crippen MR) is 77.9 cm³/mol. The number of ether oxygens (including phenoxy) is 1. The van der Waals surface area contributed by atoms with Crippen LogP contribution in [-0.4, -0.2) is 20.5 Å². The summed E-state index contributed by atoms with van der Waals surface area (Å²) in [6.07, 6.45) is 0.870. The number of aryl methyl sites for hydroxylation is 1. The standard InChI is InChI=1S/C15H20O4S/c1-11(2)15(19-13(4)16)9-10-20(17,18)14-7-5-12(3)6-8-14/h5-11,15H,1-4H3/b10-9+/t15-/m1/s1. The molecule has 1 aromatic carbocycles. The first-order valence-electron chi connectivity index (χ1n) is 6.39. The van der Waals surface area contributed by atoms with Gasteiger partial charge in [-0.15, -0.1) is 0 Å². The van der Waals surface area contributed by atoms with Gasteiger partial charge in [-0.2, -0.15) is 0 Å². The van der Waals surface area contributed by atoms with E-state index in [1.54, 1.807) is 24.3 Å². The number of hydrogen-bond donors (Lipinski definition) is 0. The first-order chi connectivity index (χ1) is 9.22. The second-order valence-electron chi connectivity index (χ2n) is 5.00. The molecule has 0 bridgehead atoms. The maximum Gasteiger partial charge on any atom is 0.303 e. The monoisotopic (exact) mass is 296 g/mol. The number of sulfone groups is 1. The topological polar surface area (TPSA) is 60.4 Å². The molecule has 0 unspecified atom stereocenters. The molecule has 0 heterocycles.